The number of aromatic nitrogens is 2. The van der Waals surface area contributed by atoms with Crippen molar-refractivity contribution in [1.29, 1.82) is 0 Å². The number of hydrogen-bond acceptors (Lipinski definition) is 0. The maximum absolute atomic E-state index is 2.60. The molecule has 10 aromatic rings. The van der Waals surface area contributed by atoms with Crippen molar-refractivity contribution in [3.8, 4) is 11.4 Å². The van der Waals surface area contributed by atoms with Crippen LogP contribution in [0, 0.1) is 27.7 Å². The maximum Gasteiger partial charge on any atom is 0.0613 e. The molecule has 4 aliphatic carbocycles. The zero-order chi connectivity index (χ0) is 38.3. The third-order valence-corrected chi connectivity index (χ3v) is 14.9. The number of benzene rings is 8. The lowest BCUT2D eigenvalue weighted by Gasteiger charge is -2.25. The van der Waals surface area contributed by atoms with Gasteiger partial charge in [-0.1, -0.05) is 97.1 Å². The highest BCUT2D eigenvalue weighted by Crippen LogP contribution is 2.49. The molecule has 0 spiro atoms. The molecule has 58 heavy (non-hydrogen) atoms. The molecule has 2 heterocycles. The van der Waals surface area contributed by atoms with E-state index in [2.05, 4.69) is 158 Å². The normalized spacial score (nSPS) is 15.4. The van der Waals surface area contributed by atoms with E-state index in [9.17, 15) is 0 Å². The standard InChI is InChI=1S/C56H40N2/c1-29-31(3)57(47-25-19-37-13-11-33-7-5-9-35-15-21-41(47)51(37)49(33)35)55-43-23-18-40-28-46-30(2)32(4)58(56(46)44-24-17-39(27-45(29)55)53(43)54(40)44)48-26-20-38-14-12-34-8-6-10-36-16-22-42(48)52(38)50(34)36/h5-6,9-12,15-28H,7-8,13-14H2,1-4H3. The van der Waals surface area contributed by atoms with Gasteiger partial charge < -0.3 is 9.13 Å². The molecular weight excluding hydrogens is 701 g/mol. The quantitative estimate of drug-likeness (QED) is 0.156. The van der Waals surface area contributed by atoms with Gasteiger partial charge in [-0.15, -0.1) is 0 Å². The Labute approximate surface area is 336 Å². The number of fused-ring (bicyclic) bond motifs is 4. The fourth-order valence-corrected chi connectivity index (χ4v) is 12.0. The van der Waals surface area contributed by atoms with Crippen LogP contribution in [-0.2, 0) is 12.8 Å². The van der Waals surface area contributed by atoms with Crippen molar-refractivity contribution in [3.05, 3.63) is 165 Å². The average molecular weight is 741 g/mol. The Bertz CT molecular complexity index is 3510. The number of allylic oxidation sites excluding steroid dienone is 6. The smallest absolute Gasteiger partial charge is 0.0613 e. The molecule has 14 rings (SSSR count). The van der Waals surface area contributed by atoms with Crippen LogP contribution in [0.3, 0.4) is 0 Å². The zero-order valence-corrected chi connectivity index (χ0v) is 33.3. The van der Waals surface area contributed by atoms with E-state index in [1.165, 1.54) is 154 Å². The molecule has 0 N–H and O–H groups in total. The van der Waals surface area contributed by atoms with Gasteiger partial charge in [0.2, 0.25) is 0 Å². The van der Waals surface area contributed by atoms with Crippen molar-refractivity contribution < 1.29 is 0 Å². The topological polar surface area (TPSA) is 9.86 Å². The van der Waals surface area contributed by atoms with Gasteiger partial charge in [0.15, 0.2) is 0 Å². The summed E-state index contributed by atoms with van der Waals surface area (Å²) in [5.41, 5.74) is 22.0. The second-order valence-electron chi connectivity index (χ2n) is 17.5. The van der Waals surface area contributed by atoms with Gasteiger partial charge in [0.1, 0.15) is 0 Å². The van der Waals surface area contributed by atoms with Crippen LogP contribution >= 0.6 is 0 Å². The minimum atomic E-state index is 1.00. The van der Waals surface area contributed by atoms with E-state index in [0.717, 1.165) is 25.7 Å². The summed E-state index contributed by atoms with van der Waals surface area (Å²) in [4.78, 5) is 0. The molecule has 0 fully saturated rings. The summed E-state index contributed by atoms with van der Waals surface area (Å²) in [6.45, 7) is 9.29. The first kappa shape index (κ1) is 31.4. The fourth-order valence-electron chi connectivity index (χ4n) is 12.0. The minimum absolute atomic E-state index is 1.00. The van der Waals surface area contributed by atoms with Crippen LogP contribution in [0.2, 0.25) is 0 Å². The Morgan fingerprint density at radius 1 is 0.414 bits per heavy atom. The van der Waals surface area contributed by atoms with Gasteiger partial charge in [-0.25, -0.2) is 0 Å². The van der Waals surface area contributed by atoms with Gasteiger partial charge in [-0.3, -0.25) is 0 Å². The zero-order valence-electron chi connectivity index (χ0n) is 33.3. The molecule has 274 valence electrons. The Balaban J connectivity index is 1.09. The Morgan fingerprint density at radius 3 is 1.33 bits per heavy atom. The van der Waals surface area contributed by atoms with E-state index < -0.39 is 0 Å². The molecule has 0 bridgehead atoms. The van der Waals surface area contributed by atoms with Crippen molar-refractivity contribution in [2.75, 3.05) is 0 Å². The van der Waals surface area contributed by atoms with Gasteiger partial charge in [0.05, 0.1) is 22.4 Å². The third kappa shape index (κ3) is 3.67. The molecule has 0 radical (unpaired) electrons. The maximum atomic E-state index is 2.60. The van der Waals surface area contributed by atoms with Gasteiger partial charge in [-0.05, 0) is 166 Å². The summed E-state index contributed by atoms with van der Waals surface area (Å²) in [6.07, 6.45) is 18.2. The van der Waals surface area contributed by atoms with Crippen LogP contribution in [0.4, 0.5) is 0 Å². The van der Waals surface area contributed by atoms with E-state index >= 15 is 0 Å². The predicted molar refractivity (Wildman–Crippen MR) is 248 cm³/mol. The first-order valence-electron chi connectivity index (χ1n) is 21.1. The van der Waals surface area contributed by atoms with Crippen LogP contribution < -0.4 is 0 Å². The van der Waals surface area contributed by atoms with Gasteiger partial charge >= 0.3 is 0 Å². The van der Waals surface area contributed by atoms with Crippen LogP contribution in [0.1, 0.15) is 68.7 Å². The Morgan fingerprint density at radius 2 is 0.862 bits per heavy atom. The van der Waals surface area contributed by atoms with Crippen molar-refractivity contribution in [2.45, 2.75) is 53.4 Å². The van der Waals surface area contributed by atoms with Gasteiger partial charge in [0, 0.05) is 43.7 Å². The molecule has 0 atom stereocenters. The summed E-state index contributed by atoms with van der Waals surface area (Å²) in [6, 6.07) is 33.7. The summed E-state index contributed by atoms with van der Waals surface area (Å²) in [5, 5.41) is 16.3. The molecule has 0 unspecified atom stereocenters. The van der Waals surface area contributed by atoms with Crippen LogP contribution in [-0.4, -0.2) is 9.13 Å². The van der Waals surface area contributed by atoms with Gasteiger partial charge in [-0.2, -0.15) is 0 Å². The number of nitrogens with zero attached hydrogens (tertiary/aromatic N) is 2. The van der Waals surface area contributed by atoms with E-state index in [0.29, 0.717) is 0 Å². The van der Waals surface area contributed by atoms with E-state index in [1.807, 2.05) is 0 Å². The number of hydrogen-bond donors (Lipinski definition) is 0. The lowest BCUT2D eigenvalue weighted by atomic mass is 9.81. The van der Waals surface area contributed by atoms with Crippen molar-refractivity contribution in [3.63, 3.8) is 0 Å². The lowest BCUT2D eigenvalue weighted by Crippen LogP contribution is -2.06. The third-order valence-electron chi connectivity index (χ3n) is 14.9. The summed E-state index contributed by atoms with van der Waals surface area (Å²) < 4.78 is 5.20. The molecular formula is C56H40N2. The van der Waals surface area contributed by atoms with Crippen molar-refractivity contribution >= 4 is 99.0 Å². The average Bonchev–Trinajstić information content (AvgIpc) is 3.66. The molecule has 0 amide bonds. The molecule has 0 saturated heterocycles. The van der Waals surface area contributed by atoms with Crippen molar-refractivity contribution in [2.24, 2.45) is 0 Å². The van der Waals surface area contributed by atoms with E-state index in [1.54, 1.807) is 0 Å². The highest BCUT2D eigenvalue weighted by Gasteiger charge is 2.27. The Hall–Kier alpha value is -6.64. The second kappa shape index (κ2) is 10.6. The van der Waals surface area contributed by atoms with E-state index in [-0.39, 0.29) is 0 Å². The molecule has 0 aliphatic heterocycles. The number of rotatable bonds is 2. The molecule has 2 nitrogen and oxygen atoms in total. The number of aryl methyl sites for hydroxylation is 2. The summed E-state index contributed by atoms with van der Waals surface area (Å²) >= 11 is 0. The lowest BCUT2D eigenvalue weighted by molar-refractivity contribution is 1.05. The fraction of sp³-hybridized carbons (Fsp3) is 0.143. The van der Waals surface area contributed by atoms with Crippen LogP contribution in [0.15, 0.2) is 109 Å². The highest BCUT2D eigenvalue weighted by atomic mass is 15.0. The molecule has 0 saturated carbocycles. The first-order valence-corrected chi connectivity index (χ1v) is 21.1. The monoisotopic (exact) mass is 740 g/mol. The van der Waals surface area contributed by atoms with Crippen molar-refractivity contribution in [1.82, 2.24) is 9.13 Å². The molecule has 2 aromatic heterocycles. The largest absolute Gasteiger partial charge is 0.312 e. The highest BCUT2D eigenvalue weighted by molar-refractivity contribution is 6.33. The Kier molecular flexibility index (Phi) is 5.77. The van der Waals surface area contributed by atoms with E-state index in [4.69, 9.17) is 0 Å². The second-order valence-corrected chi connectivity index (χ2v) is 17.5. The molecule has 8 aromatic carbocycles. The van der Waals surface area contributed by atoms with Gasteiger partial charge in [0.25, 0.3) is 0 Å². The first-order chi connectivity index (χ1) is 28.4. The summed E-state index contributed by atoms with van der Waals surface area (Å²) in [7, 11) is 0. The van der Waals surface area contributed by atoms with Crippen LogP contribution in [0.5, 0.6) is 0 Å². The minimum Gasteiger partial charge on any atom is -0.312 e. The SMILES string of the molecule is Cc1c(C)n(-c2ccc3c4c5c(ccc24)C=CCC5=CC3)c2c1cc1ccc3c4c(ccc2c14)cc1c(C)c(C)n(-c2ccc4c5c6c(ccc25)C=CCC6=CC4)c13. The molecule has 4 aliphatic rings. The van der Waals surface area contributed by atoms with Crippen LogP contribution in [0.25, 0.3) is 110 Å². The predicted octanol–water partition coefficient (Wildman–Crippen LogP) is 14.7. The molecule has 2 heteroatoms. The summed E-state index contributed by atoms with van der Waals surface area (Å²) in [5.74, 6) is 0.